The lowest BCUT2D eigenvalue weighted by atomic mass is 10.1. The fraction of sp³-hybridized carbons (Fsp3) is 0.316. The molecule has 1 atom stereocenters. The summed E-state index contributed by atoms with van der Waals surface area (Å²) in [4.78, 5) is 24.9. The first-order chi connectivity index (χ1) is 11.9. The first-order valence-corrected chi connectivity index (χ1v) is 8.19. The van der Waals surface area contributed by atoms with Crippen molar-refractivity contribution >= 4 is 16.7 Å². The number of hydrogen-bond acceptors (Lipinski definition) is 4. The smallest absolute Gasteiger partial charge is 0.275 e. The minimum Gasteiger partial charge on any atom is -0.466 e. The number of hydrogen-bond donors (Lipinski definition) is 1. The van der Waals surface area contributed by atoms with Crippen molar-refractivity contribution in [3.8, 4) is 0 Å². The lowest BCUT2D eigenvalue weighted by molar-refractivity contribution is -0.122. The van der Waals surface area contributed by atoms with Gasteiger partial charge in [-0.2, -0.15) is 5.10 Å². The summed E-state index contributed by atoms with van der Waals surface area (Å²) in [5.74, 6) is 1.31. The molecule has 130 valence electrons. The zero-order valence-electron chi connectivity index (χ0n) is 14.8. The van der Waals surface area contributed by atoms with Gasteiger partial charge in [0, 0.05) is 10.9 Å². The highest BCUT2D eigenvalue weighted by molar-refractivity contribution is 5.83. The van der Waals surface area contributed by atoms with E-state index in [1.165, 1.54) is 4.68 Å². The van der Waals surface area contributed by atoms with Crippen molar-refractivity contribution in [2.75, 3.05) is 0 Å². The molecule has 0 aliphatic rings. The summed E-state index contributed by atoms with van der Waals surface area (Å²) in [5, 5.41) is 8.54. The van der Waals surface area contributed by atoms with E-state index in [9.17, 15) is 9.59 Å². The first-order valence-electron chi connectivity index (χ1n) is 8.19. The van der Waals surface area contributed by atoms with Crippen molar-refractivity contribution in [3.63, 3.8) is 0 Å². The van der Waals surface area contributed by atoms with Gasteiger partial charge in [-0.15, -0.1) is 0 Å². The van der Waals surface area contributed by atoms with E-state index in [1.807, 2.05) is 45.9 Å². The maximum Gasteiger partial charge on any atom is 0.275 e. The van der Waals surface area contributed by atoms with Gasteiger partial charge in [0.1, 0.15) is 18.1 Å². The summed E-state index contributed by atoms with van der Waals surface area (Å²) in [5.41, 5.74) is 1.39. The number of aromatic nitrogens is 2. The largest absolute Gasteiger partial charge is 0.466 e. The third kappa shape index (κ3) is 3.33. The van der Waals surface area contributed by atoms with Gasteiger partial charge in [-0.3, -0.25) is 9.59 Å². The van der Waals surface area contributed by atoms with Gasteiger partial charge in [0.05, 0.1) is 17.1 Å². The Kier molecular flexibility index (Phi) is 4.44. The van der Waals surface area contributed by atoms with Crippen LogP contribution < -0.4 is 10.9 Å². The van der Waals surface area contributed by atoms with Gasteiger partial charge >= 0.3 is 0 Å². The Morgan fingerprint density at radius 1 is 1.24 bits per heavy atom. The van der Waals surface area contributed by atoms with Crippen molar-refractivity contribution in [1.29, 1.82) is 0 Å². The molecule has 0 spiro atoms. The molecule has 25 heavy (non-hydrogen) atoms. The topological polar surface area (TPSA) is 77.1 Å². The van der Waals surface area contributed by atoms with Crippen LogP contribution in [0.25, 0.3) is 10.8 Å². The minimum absolute atomic E-state index is 0.120. The highest BCUT2D eigenvalue weighted by Gasteiger charge is 2.16. The molecule has 0 fully saturated rings. The van der Waals surface area contributed by atoms with Crippen molar-refractivity contribution in [3.05, 3.63) is 63.5 Å². The Labute approximate surface area is 145 Å². The fourth-order valence-corrected chi connectivity index (χ4v) is 3.09. The van der Waals surface area contributed by atoms with E-state index in [0.29, 0.717) is 5.39 Å². The fourth-order valence-electron chi connectivity index (χ4n) is 3.09. The molecule has 2 heterocycles. The average Bonchev–Trinajstić information content (AvgIpc) is 2.91. The van der Waals surface area contributed by atoms with Crippen molar-refractivity contribution in [2.45, 2.75) is 40.3 Å². The molecule has 3 rings (SSSR count). The maximum atomic E-state index is 12.5. The van der Waals surface area contributed by atoms with Crippen LogP contribution >= 0.6 is 0 Å². The van der Waals surface area contributed by atoms with Crippen LogP contribution in [0.1, 0.15) is 35.7 Å². The van der Waals surface area contributed by atoms with Gasteiger partial charge in [0.15, 0.2) is 0 Å². The molecule has 1 aromatic carbocycles. The predicted molar refractivity (Wildman–Crippen MR) is 95.5 cm³/mol. The van der Waals surface area contributed by atoms with E-state index in [1.54, 1.807) is 12.1 Å². The summed E-state index contributed by atoms with van der Waals surface area (Å²) >= 11 is 0. The van der Waals surface area contributed by atoms with Gasteiger partial charge < -0.3 is 9.73 Å². The molecule has 0 saturated heterocycles. The number of benzene rings is 1. The molecule has 3 aromatic rings. The van der Waals surface area contributed by atoms with Crippen LogP contribution in [0.5, 0.6) is 0 Å². The van der Waals surface area contributed by atoms with Gasteiger partial charge in [-0.1, -0.05) is 18.2 Å². The quantitative estimate of drug-likeness (QED) is 0.793. The molecule has 0 saturated carbocycles. The number of rotatable bonds is 4. The highest BCUT2D eigenvalue weighted by Crippen LogP contribution is 2.21. The summed E-state index contributed by atoms with van der Waals surface area (Å²) in [6, 6.07) is 8.98. The average molecular weight is 339 g/mol. The Balaban J connectivity index is 1.82. The second-order valence-corrected chi connectivity index (χ2v) is 6.25. The molecular weight excluding hydrogens is 318 g/mol. The minimum atomic E-state index is -0.268. The number of furan rings is 1. The predicted octanol–water partition coefficient (Wildman–Crippen LogP) is 2.79. The number of nitrogens with zero attached hydrogens (tertiary/aromatic N) is 2. The van der Waals surface area contributed by atoms with Crippen LogP contribution in [0.4, 0.5) is 0 Å². The highest BCUT2D eigenvalue weighted by atomic mass is 16.3. The lowest BCUT2D eigenvalue weighted by Gasteiger charge is -2.14. The molecule has 1 amide bonds. The zero-order chi connectivity index (χ0) is 18.1. The van der Waals surface area contributed by atoms with Crippen LogP contribution in [0.15, 0.2) is 39.5 Å². The lowest BCUT2D eigenvalue weighted by Crippen LogP contribution is -2.35. The van der Waals surface area contributed by atoms with Crippen molar-refractivity contribution in [2.24, 2.45) is 0 Å². The number of amides is 1. The van der Waals surface area contributed by atoms with Gasteiger partial charge in [0.2, 0.25) is 5.91 Å². The molecule has 1 N–H and O–H groups in total. The zero-order valence-corrected chi connectivity index (χ0v) is 14.8. The third-order valence-corrected chi connectivity index (χ3v) is 4.27. The SMILES string of the molecule is Cc1cc([C@H](C)NC(=O)Cn2nc(C)c3ccccc3c2=O)c(C)o1. The normalized spacial score (nSPS) is 12.3. The standard InChI is InChI=1S/C19H21N3O3/c1-11-9-17(14(4)25-11)12(2)20-18(23)10-22-19(24)16-8-6-5-7-15(16)13(3)21-22/h5-9,12H,10H2,1-4H3,(H,20,23)/t12-/m0/s1. The monoisotopic (exact) mass is 339 g/mol. The van der Waals surface area contributed by atoms with E-state index in [4.69, 9.17) is 4.42 Å². The number of carbonyl (C=O) groups excluding carboxylic acids is 1. The Morgan fingerprint density at radius 2 is 1.92 bits per heavy atom. The Hall–Kier alpha value is -2.89. The number of nitrogens with one attached hydrogen (secondary N) is 1. The summed E-state index contributed by atoms with van der Waals surface area (Å²) in [6.45, 7) is 7.33. The number of carbonyl (C=O) groups is 1. The van der Waals surface area contributed by atoms with E-state index < -0.39 is 0 Å². The molecule has 0 radical (unpaired) electrons. The molecule has 0 unspecified atom stereocenters. The molecule has 6 nitrogen and oxygen atoms in total. The Morgan fingerprint density at radius 3 is 2.56 bits per heavy atom. The molecule has 2 aromatic heterocycles. The molecule has 0 aliphatic heterocycles. The third-order valence-electron chi connectivity index (χ3n) is 4.27. The molecule has 0 aliphatic carbocycles. The van der Waals surface area contributed by atoms with Gasteiger partial charge in [-0.05, 0) is 39.8 Å². The van der Waals surface area contributed by atoms with Crippen molar-refractivity contribution < 1.29 is 9.21 Å². The van der Waals surface area contributed by atoms with Crippen LogP contribution in [-0.4, -0.2) is 15.7 Å². The van der Waals surface area contributed by atoms with Crippen LogP contribution in [0.3, 0.4) is 0 Å². The first kappa shape index (κ1) is 17.0. The van der Waals surface area contributed by atoms with Crippen molar-refractivity contribution in [1.82, 2.24) is 15.1 Å². The maximum absolute atomic E-state index is 12.5. The Bertz CT molecular complexity index is 1000. The van der Waals surface area contributed by atoms with E-state index >= 15 is 0 Å². The summed E-state index contributed by atoms with van der Waals surface area (Å²) in [6.07, 6.45) is 0. The van der Waals surface area contributed by atoms with E-state index in [-0.39, 0.29) is 24.1 Å². The van der Waals surface area contributed by atoms with Crippen LogP contribution in [0, 0.1) is 20.8 Å². The van der Waals surface area contributed by atoms with Gasteiger partial charge in [0.25, 0.3) is 5.56 Å². The summed E-state index contributed by atoms with van der Waals surface area (Å²) < 4.78 is 6.72. The van der Waals surface area contributed by atoms with Gasteiger partial charge in [-0.25, -0.2) is 4.68 Å². The number of fused-ring (bicyclic) bond motifs is 1. The second kappa shape index (κ2) is 6.55. The molecule has 0 bridgehead atoms. The van der Waals surface area contributed by atoms with E-state index in [2.05, 4.69) is 10.4 Å². The van der Waals surface area contributed by atoms with E-state index in [0.717, 1.165) is 28.2 Å². The van der Waals surface area contributed by atoms with Crippen LogP contribution in [-0.2, 0) is 11.3 Å². The molecular formula is C19H21N3O3. The second-order valence-electron chi connectivity index (χ2n) is 6.25. The molecule has 6 heteroatoms. The number of aryl methyl sites for hydroxylation is 3. The van der Waals surface area contributed by atoms with Crippen LogP contribution in [0.2, 0.25) is 0 Å². The summed E-state index contributed by atoms with van der Waals surface area (Å²) in [7, 11) is 0.